The summed E-state index contributed by atoms with van der Waals surface area (Å²) in [4.78, 5) is 17.2. The first kappa shape index (κ1) is 14.2. The number of rotatable bonds is 4. The predicted octanol–water partition coefficient (Wildman–Crippen LogP) is 2.93. The van der Waals surface area contributed by atoms with Crippen molar-refractivity contribution in [2.45, 2.75) is 44.3 Å². The molecule has 2 aromatic heterocycles. The van der Waals surface area contributed by atoms with Crippen LogP contribution in [0.2, 0.25) is 0 Å². The Morgan fingerprint density at radius 3 is 2.95 bits per heavy atom. The normalized spacial score (nSPS) is 26.3. The van der Waals surface area contributed by atoms with Crippen LogP contribution in [0.25, 0.3) is 0 Å². The van der Waals surface area contributed by atoms with Crippen LogP contribution in [0.5, 0.6) is 10.1 Å². The zero-order valence-electron chi connectivity index (χ0n) is 12.2. The number of nitrogens with one attached hydrogen (secondary N) is 2. The van der Waals surface area contributed by atoms with Crippen LogP contribution in [0.3, 0.4) is 0 Å². The average Bonchev–Trinajstić information content (AvgIpc) is 3.24. The average molecular weight is 335 g/mol. The summed E-state index contributed by atoms with van der Waals surface area (Å²) in [6, 6.07) is 4.97. The van der Waals surface area contributed by atoms with Crippen LogP contribution >= 0.6 is 22.7 Å². The summed E-state index contributed by atoms with van der Waals surface area (Å²) in [6.07, 6.45) is 5.16. The number of carbonyl (C=O) groups excluding carboxylic acids is 1. The first-order chi connectivity index (χ1) is 10.7. The van der Waals surface area contributed by atoms with Crippen LogP contribution in [-0.4, -0.2) is 29.0 Å². The Kier molecular flexibility index (Phi) is 3.63. The largest absolute Gasteiger partial charge is 0.434 e. The van der Waals surface area contributed by atoms with Gasteiger partial charge in [-0.05, 0) is 38.3 Å². The maximum Gasteiger partial charge on any atom is 0.261 e. The molecule has 2 aromatic rings. The second-order valence-electron chi connectivity index (χ2n) is 5.78. The van der Waals surface area contributed by atoms with E-state index < -0.39 is 0 Å². The van der Waals surface area contributed by atoms with E-state index in [2.05, 4.69) is 15.6 Å². The Balaban J connectivity index is 1.39. The van der Waals surface area contributed by atoms with Crippen LogP contribution < -0.4 is 15.4 Å². The number of amides is 1. The summed E-state index contributed by atoms with van der Waals surface area (Å²) < 4.78 is 5.73. The van der Waals surface area contributed by atoms with Gasteiger partial charge in [-0.3, -0.25) is 4.79 Å². The fourth-order valence-corrected chi connectivity index (χ4v) is 4.67. The molecule has 4 rings (SSSR count). The lowest BCUT2D eigenvalue weighted by molar-refractivity contribution is 0.0935. The van der Waals surface area contributed by atoms with E-state index in [0.29, 0.717) is 17.0 Å². The number of ether oxygens (including phenoxy) is 1. The maximum atomic E-state index is 12.4. The second-order valence-corrected chi connectivity index (χ2v) is 8.03. The fourth-order valence-electron chi connectivity index (χ4n) is 3.21. The highest BCUT2D eigenvalue weighted by Gasteiger charge is 2.39. The van der Waals surface area contributed by atoms with Crippen LogP contribution in [0.1, 0.15) is 33.9 Å². The van der Waals surface area contributed by atoms with Gasteiger partial charge in [0.1, 0.15) is 0 Å². The smallest absolute Gasteiger partial charge is 0.261 e. The molecule has 0 aliphatic carbocycles. The summed E-state index contributed by atoms with van der Waals surface area (Å²) in [5.74, 6) is -0.000292. The third-order valence-corrected chi connectivity index (χ3v) is 5.98. The van der Waals surface area contributed by atoms with Gasteiger partial charge in [0, 0.05) is 18.1 Å². The Labute approximate surface area is 136 Å². The van der Waals surface area contributed by atoms with Crippen molar-refractivity contribution in [3.05, 3.63) is 28.2 Å². The summed E-state index contributed by atoms with van der Waals surface area (Å²) in [7, 11) is 0. The minimum Gasteiger partial charge on any atom is -0.434 e. The molecule has 3 atom stereocenters. The van der Waals surface area contributed by atoms with Crippen molar-refractivity contribution in [1.82, 2.24) is 15.6 Å². The Hall–Kier alpha value is -1.44. The van der Waals surface area contributed by atoms with Crippen molar-refractivity contribution in [3.8, 4) is 10.1 Å². The molecule has 2 bridgehead atoms. The number of aryl methyl sites for hydroxylation is 1. The van der Waals surface area contributed by atoms with E-state index in [9.17, 15) is 4.79 Å². The highest BCUT2D eigenvalue weighted by atomic mass is 32.1. The highest BCUT2D eigenvalue weighted by molar-refractivity contribution is 7.16. The van der Waals surface area contributed by atoms with Gasteiger partial charge >= 0.3 is 0 Å². The molecule has 5 nitrogen and oxygen atoms in total. The summed E-state index contributed by atoms with van der Waals surface area (Å²) in [5, 5.41) is 9.13. The number of nitrogens with zero attached hydrogens (tertiary/aromatic N) is 1. The monoisotopic (exact) mass is 335 g/mol. The van der Waals surface area contributed by atoms with Crippen molar-refractivity contribution in [2.75, 3.05) is 0 Å². The molecule has 2 aliphatic rings. The Morgan fingerprint density at radius 1 is 1.36 bits per heavy atom. The summed E-state index contributed by atoms with van der Waals surface area (Å²) in [5.41, 5.74) is 0. The standard InChI is InChI=1S/C15H17N3O2S2/c1-8-16-7-14(21-8)20-13-5-4-12(22-13)15(19)18-11-6-9-2-3-10(11)17-9/h4-5,7,9-11,17H,2-3,6H2,1H3,(H,18,19). The van der Waals surface area contributed by atoms with Gasteiger partial charge in [0.25, 0.3) is 5.91 Å². The van der Waals surface area contributed by atoms with Gasteiger partial charge in [0.15, 0.2) is 5.06 Å². The van der Waals surface area contributed by atoms with E-state index in [1.807, 2.05) is 19.1 Å². The van der Waals surface area contributed by atoms with E-state index in [4.69, 9.17) is 4.74 Å². The van der Waals surface area contributed by atoms with E-state index in [1.54, 1.807) is 6.20 Å². The molecule has 116 valence electrons. The minimum absolute atomic E-state index is 0.000292. The van der Waals surface area contributed by atoms with Crippen molar-refractivity contribution >= 4 is 28.6 Å². The maximum absolute atomic E-state index is 12.4. The Bertz CT molecular complexity index is 697. The lowest BCUT2D eigenvalue weighted by atomic mass is 9.95. The number of hydrogen-bond donors (Lipinski definition) is 2. The van der Waals surface area contributed by atoms with Crippen molar-refractivity contribution in [1.29, 1.82) is 0 Å². The molecule has 0 spiro atoms. The van der Waals surface area contributed by atoms with E-state index in [-0.39, 0.29) is 11.9 Å². The zero-order chi connectivity index (χ0) is 15.1. The van der Waals surface area contributed by atoms with Gasteiger partial charge in [-0.2, -0.15) is 0 Å². The van der Waals surface area contributed by atoms with Crippen molar-refractivity contribution < 1.29 is 9.53 Å². The molecule has 2 aliphatic heterocycles. The number of aromatic nitrogens is 1. The number of thiophene rings is 1. The van der Waals surface area contributed by atoms with Gasteiger partial charge < -0.3 is 15.4 Å². The van der Waals surface area contributed by atoms with E-state index in [0.717, 1.165) is 21.6 Å². The van der Waals surface area contributed by atoms with Crippen LogP contribution in [0.4, 0.5) is 0 Å². The molecule has 2 N–H and O–H groups in total. The van der Waals surface area contributed by atoms with Gasteiger partial charge in [-0.15, -0.1) is 0 Å². The van der Waals surface area contributed by atoms with Crippen molar-refractivity contribution in [2.24, 2.45) is 0 Å². The molecular formula is C15H17N3O2S2. The van der Waals surface area contributed by atoms with E-state index in [1.165, 1.54) is 35.5 Å². The van der Waals surface area contributed by atoms with Gasteiger partial charge in [0.2, 0.25) is 5.06 Å². The molecule has 2 saturated heterocycles. The highest BCUT2D eigenvalue weighted by Crippen LogP contribution is 2.33. The molecule has 4 heterocycles. The summed E-state index contributed by atoms with van der Waals surface area (Å²) in [6.45, 7) is 1.94. The number of thiazole rings is 1. The second kappa shape index (κ2) is 5.64. The van der Waals surface area contributed by atoms with Crippen LogP contribution in [-0.2, 0) is 0 Å². The molecule has 0 radical (unpaired) electrons. The van der Waals surface area contributed by atoms with Crippen LogP contribution in [0, 0.1) is 6.92 Å². The van der Waals surface area contributed by atoms with Gasteiger partial charge in [0.05, 0.1) is 16.1 Å². The lowest BCUT2D eigenvalue weighted by Crippen LogP contribution is -2.42. The van der Waals surface area contributed by atoms with E-state index >= 15 is 0 Å². The molecular weight excluding hydrogens is 318 g/mol. The molecule has 1 amide bonds. The molecule has 7 heteroatoms. The Morgan fingerprint density at radius 2 is 2.27 bits per heavy atom. The molecule has 0 aromatic carbocycles. The number of hydrogen-bond acceptors (Lipinski definition) is 6. The SMILES string of the molecule is Cc1ncc(Oc2ccc(C(=O)NC3CC4CCC3N4)s2)s1. The lowest BCUT2D eigenvalue weighted by Gasteiger charge is -2.20. The molecule has 3 unspecified atom stereocenters. The fraction of sp³-hybridized carbons (Fsp3) is 0.467. The molecule has 0 saturated carbocycles. The first-order valence-electron chi connectivity index (χ1n) is 7.44. The van der Waals surface area contributed by atoms with Crippen molar-refractivity contribution in [3.63, 3.8) is 0 Å². The molecule has 22 heavy (non-hydrogen) atoms. The minimum atomic E-state index is -0.000292. The number of carbonyl (C=O) groups is 1. The summed E-state index contributed by atoms with van der Waals surface area (Å²) >= 11 is 2.87. The molecule has 2 fully saturated rings. The number of fused-ring (bicyclic) bond motifs is 2. The predicted molar refractivity (Wildman–Crippen MR) is 87.1 cm³/mol. The zero-order valence-corrected chi connectivity index (χ0v) is 13.8. The third-order valence-electron chi connectivity index (χ3n) is 4.22. The van der Waals surface area contributed by atoms with Gasteiger partial charge in [-0.1, -0.05) is 22.7 Å². The third kappa shape index (κ3) is 2.76. The topological polar surface area (TPSA) is 63.2 Å². The van der Waals surface area contributed by atoms with Crippen LogP contribution in [0.15, 0.2) is 18.3 Å². The first-order valence-corrected chi connectivity index (χ1v) is 9.08. The quantitative estimate of drug-likeness (QED) is 0.902. The van der Waals surface area contributed by atoms with Gasteiger partial charge in [-0.25, -0.2) is 4.98 Å².